The minimum atomic E-state index is -0.123. The molecule has 0 saturated carbocycles. The average molecular weight is 515 g/mol. The third-order valence-electron chi connectivity index (χ3n) is 6.26. The summed E-state index contributed by atoms with van der Waals surface area (Å²) in [5.74, 6) is 2.83. The lowest BCUT2D eigenvalue weighted by molar-refractivity contribution is 0.174. The molecule has 1 atom stereocenters. The predicted molar refractivity (Wildman–Crippen MR) is 134 cm³/mol. The van der Waals surface area contributed by atoms with Crippen molar-refractivity contribution < 1.29 is 14.2 Å². The number of benzene rings is 2. The van der Waals surface area contributed by atoms with Crippen molar-refractivity contribution in [1.82, 2.24) is 9.97 Å². The number of hydrogen-bond donors (Lipinski definition) is 1. The van der Waals surface area contributed by atoms with E-state index in [2.05, 4.69) is 11.9 Å². The second-order valence-electron chi connectivity index (χ2n) is 8.69. The highest BCUT2D eigenvalue weighted by Gasteiger charge is 2.23. The summed E-state index contributed by atoms with van der Waals surface area (Å²) in [6.07, 6.45) is 3.02. The number of ether oxygens (including phenoxy) is 3. The molecule has 0 fully saturated rings. The fourth-order valence-corrected chi connectivity index (χ4v) is 6.49. The van der Waals surface area contributed by atoms with E-state index in [9.17, 15) is 4.79 Å². The Balaban J connectivity index is 1.29. The van der Waals surface area contributed by atoms with Gasteiger partial charge in [-0.2, -0.15) is 0 Å². The third-order valence-corrected chi connectivity index (χ3v) is 7.97. The number of aromatic nitrogens is 2. The fourth-order valence-electron chi connectivity index (χ4n) is 4.51. The minimum absolute atomic E-state index is 0.123. The lowest BCUT2D eigenvalue weighted by Crippen LogP contribution is -2.13. The van der Waals surface area contributed by atoms with Gasteiger partial charge in [0.1, 0.15) is 17.3 Å². The molecule has 6 nitrogen and oxygen atoms in total. The van der Waals surface area contributed by atoms with Crippen molar-refractivity contribution in [3.63, 3.8) is 0 Å². The van der Waals surface area contributed by atoms with Gasteiger partial charge in [0.2, 0.25) is 6.79 Å². The number of aromatic amines is 1. The molecule has 2 aliphatic rings. The molecule has 1 aliphatic carbocycles. The second-order valence-corrected chi connectivity index (χ2v) is 10.6. The van der Waals surface area contributed by atoms with Crippen LogP contribution in [0, 0.1) is 5.92 Å². The van der Waals surface area contributed by atoms with Crippen LogP contribution in [0.15, 0.2) is 35.1 Å². The van der Waals surface area contributed by atoms with Crippen LogP contribution in [0.5, 0.6) is 17.2 Å². The number of thiophene rings is 1. The number of fused-ring (bicyclic) bond motifs is 4. The molecule has 1 N–H and O–H groups in total. The number of aryl methyl sites for hydroxylation is 1. The third kappa shape index (κ3) is 3.82. The zero-order chi connectivity index (χ0) is 23.4. The summed E-state index contributed by atoms with van der Waals surface area (Å²) < 4.78 is 16.7. The first kappa shape index (κ1) is 21.8. The minimum Gasteiger partial charge on any atom is -0.486 e. The predicted octanol–water partition coefficient (Wildman–Crippen LogP) is 6.39. The van der Waals surface area contributed by atoms with E-state index >= 15 is 0 Å². The summed E-state index contributed by atoms with van der Waals surface area (Å²) in [5, 5.41) is 1.40. The summed E-state index contributed by atoms with van der Waals surface area (Å²) in [7, 11) is 0. The highest BCUT2D eigenvalue weighted by Crippen LogP contribution is 2.40. The van der Waals surface area contributed by atoms with Crippen LogP contribution in [0.25, 0.3) is 21.6 Å². The van der Waals surface area contributed by atoms with Crippen molar-refractivity contribution in [2.75, 3.05) is 6.79 Å². The molecule has 6 rings (SSSR count). The molecule has 4 aromatic rings. The molecule has 2 aromatic heterocycles. The number of hydrogen-bond acceptors (Lipinski definition) is 6. The molecule has 2 aromatic carbocycles. The van der Waals surface area contributed by atoms with E-state index < -0.39 is 0 Å². The summed E-state index contributed by atoms with van der Waals surface area (Å²) >= 11 is 14.7. The largest absolute Gasteiger partial charge is 0.486 e. The van der Waals surface area contributed by atoms with Crippen molar-refractivity contribution in [3.8, 4) is 28.6 Å². The monoisotopic (exact) mass is 514 g/mol. The molecule has 9 heteroatoms. The molecule has 0 amide bonds. The van der Waals surface area contributed by atoms with Gasteiger partial charge in [0, 0.05) is 10.4 Å². The maximum absolute atomic E-state index is 13.0. The maximum Gasteiger partial charge on any atom is 0.260 e. The van der Waals surface area contributed by atoms with Gasteiger partial charge in [-0.1, -0.05) is 36.2 Å². The first-order chi connectivity index (χ1) is 16.5. The Kier molecular flexibility index (Phi) is 5.43. The molecule has 1 aliphatic heterocycles. The van der Waals surface area contributed by atoms with Gasteiger partial charge in [0.05, 0.1) is 15.4 Å². The van der Waals surface area contributed by atoms with Gasteiger partial charge in [-0.05, 0) is 60.6 Å². The number of halogens is 2. The van der Waals surface area contributed by atoms with Crippen LogP contribution < -0.4 is 19.8 Å². The smallest absolute Gasteiger partial charge is 0.260 e. The van der Waals surface area contributed by atoms with Crippen LogP contribution in [0.3, 0.4) is 0 Å². The molecule has 3 heterocycles. The van der Waals surface area contributed by atoms with Crippen LogP contribution in [0.2, 0.25) is 10.0 Å². The van der Waals surface area contributed by atoms with Crippen molar-refractivity contribution in [3.05, 3.63) is 66.7 Å². The molecular weight excluding hydrogens is 495 g/mol. The Hall–Kier alpha value is -2.74. The SMILES string of the molecule is CC1CCc2c(sc3nc(-c4cc(Cl)c(OCc5ccc6c(c5)OCO6)c(Cl)c4)[nH]c(=O)c23)C1. The molecule has 0 saturated heterocycles. The Labute approximate surface area is 209 Å². The van der Waals surface area contributed by atoms with Crippen LogP contribution in [-0.2, 0) is 19.4 Å². The van der Waals surface area contributed by atoms with E-state index in [1.807, 2.05) is 18.2 Å². The molecule has 0 radical (unpaired) electrons. The number of H-pyrrole nitrogens is 1. The Bertz CT molecular complexity index is 1470. The molecule has 0 bridgehead atoms. The molecular formula is C25H20Cl2N2O4S. The molecule has 1 unspecified atom stereocenters. The van der Waals surface area contributed by atoms with Crippen molar-refractivity contribution >= 4 is 44.8 Å². The lowest BCUT2D eigenvalue weighted by Gasteiger charge is -2.17. The first-order valence-corrected chi connectivity index (χ1v) is 12.6. The summed E-state index contributed by atoms with van der Waals surface area (Å²) in [6, 6.07) is 9.03. The Morgan fingerprint density at radius 2 is 1.97 bits per heavy atom. The zero-order valence-electron chi connectivity index (χ0n) is 18.2. The van der Waals surface area contributed by atoms with Crippen LogP contribution >= 0.6 is 34.5 Å². The summed E-state index contributed by atoms with van der Waals surface area (Å²) in [5.41, 5.74) is 2.56. The van der Waals surface area contributed by atoms with Crippen molar-refractivity contribution in [1.29, 1.82) is 0 Å². The average Bonchev–Trinajstić information content (AvgIpc) is 3.41. The zero-order valence-corrected chi connectivity index (χ0v) is 20.6. The number of nitrogens with one attached hydrogen (secondary N) is 1. The van der Waals surface area contributed by atoms with Gasteiger partial charge >= 0.3 is 0 Å². The van der Waals surface area contributed by atoms with Gasteiger partial charge < -0.3 is 19.2 Å². The van der Waals surface area contributed by atoms with Crippen molar-refractivity contribution in [2.45, 2.75) is 32.8 Å². The molecule has 34 heavy (non-hydrogen) atoms. The van der Waals surface area contributed by atoms with Crippen LogP contribution in [0.4, 0.5) is 0 Å². The molecule has 174 valence electrons. The first-order valence-electron chi connectivity index (χ1n) is 11.0. The highest BCUT2D eigenvalue weighted by atomic mass is 35.5. The highest BCUT2D eigenvalue weighted by molar-refractivity contribution is 7.18. The van der Waals surface area contributed by atoms with Gasteiger partial charge in [0.15, 0.2) is 17.2 Å². The number of nitrogens with zero attached hydrogens (tertiary/aromatic N) is 1. The van der Waals surface area contributed by atoms with E-state index in [1.165, 1.54) is 4.88 Å². The van der Waals surface area contributed by atoms with E-state index in [0.717, 1.165) is 40.6 Å². The Morgan fingerprint density at radius 3 is 2.79 bits per heavy atom. The van der Waals surface area contributed by atoms with Crippen LogP contribution in [-0.4, -0.2) is 16.8 Å². The van der Waals surface area contributed by atoms with Gasteiger partial charge in [-0.3, -0.25) is 4.79 Å². The van der Waals surface area contributed by atoms with E-state index in [0.29, 0.717) is 44.6 Å². The fraction of sp³-hybridized carbons (Fsp3) is 0.280. The topological polar surface area (TPSA) is 73.4 Å². The normalized spacial score (nSPS) is 16.6. The number of rotatable bonds is 4. The standard InChI is InChI=1S/C25H20Cl2N2O4S/c1-12-2-4-15-20(6-12)34-25-21(15)24(30)28-23(29-25)14-8-16(26)22(17(27)9-14)31-10-13-3-5-18-19(7-13)33-11-32-18/h3,5,7-9,12H,2,4,6,10-11H2,1H3,(H,28,29,30). The quantitative estimate of drug-likeness (QED) is 0.341. The summed E-state index contributed by atoms with van der Waals surface area (Å²) in [4.78, 5) is 22.7. The Morgan fingerprint density at radius 1 is 1.18 bits per heavy atom. The van der Waals surface area contributed by atoms with E-state index in [-0.39, 0.29) is 19.0 Å². The van der Waals surface area contributed by atoms with Crippen molar-refractivity contribution in [2.24, 2.45) is 5.92 Å². The summed E-state index contributed by atoms with van der Waals surface area (Å²) in [6.45, 7) is 2.72. The maximum atomic E-state index is 13.0. The van der Waals surface area contributed by atoms with E-state index in [1.54, 1.807) is 23.5 Å². The van der Waals surface area contributed by atoms with Gasteiger partial charge in [-0.25, -0.2) is 4.98 Å². The lowest BCUT2D eigenvalue weighted by atomic mass is 9.89. The van der Waals surface area contributed by atoms with Gasteiger partial charge in [-0.15, -0.1) is 11.3 Å². The van der Waals surface area contributed by atoms with Crippen LogP contribution in [0.1, 0.15) is 29.3 Å². The second kappa shape index (κ2) is 8.48. The molecule has 0 spiro atoms. The van der Waals surface area contributed by atoms with E-state index in [4.69, 9.17) is 42.4 Å². The van der Waals surface area contributed by atoms with Gasteiger partial charge in [0.25, 0.3) is 5.56 Å².